The van der Waals surface area contributed by atoms with Crippen molar-refractivity contribution in [1.29, 1.82) is 0 Å². The largest absolute Gasteiger partial charge is 0.394 e. The molecule has 19 heavy (non-hydrogen) atoms. The summed E-state index contributed by atoms with van der Waals surface area (Å²) in [5.41, 5.74) is -0.153. The van der Waals surface area contributed by atoms with Gasteiger partial charge in [-0.25, -0.2) is 0 Å². The molecule has 1 saturated heterocycles. The molecule has 2 N–H and O–H groups in total. The maximum absolute atomic E-state index is 9.35. The first-order chi connectivity index (χ1) is 8.80. The number of unbranched alkanes of at least 4 members (excludes halogenated alkanes) is 1. The number of hydrogen-bond acceptors (Lipinski definition) is 4. The van der Waals surface area contributed by atoms with Gasteiger partial charge in [-0.2, -0.15) is 0 Å². The lowest BCUT2D eigenvalue weighted by Crippen LogP contribution is -2.52. The van der Waals surface area contributed by atoms with E-state index in [1.807, 2.05) is 7.05 Å². The molecule has 0 aromatic heterocycles. The molecule has 0 radical (unpaired) electrons. The van der Waals surface area contributed by atoms with Crippen molar-refractivity contribution in [2.75, 3.05) is 33.3 Å². The van der Waals surface area contributed by atoms with E-state index in [4.69, 9.17) is 4.74 Å². The molecule has 0 aliphatic carbocycles. The Kier molecular flexibility index (Phi) is 6.24. The van der Waals surface area contributed by atoms with Gasteiger partial charge < -0.3 is 15.2 Å². The number of nitrogens with one attached hydrogen (secondary N) is 1. The van der Waals surface area contributed by atoms with Gasteiger partial charge in [-0.15, -0.1) is 0 Å². The predicted molar refractivity (Wildman–Crippen MR) is 79.5 cm³/mol. The van der Waals surface area contributed by atoms with E-state index < -0.39 is 0 Å². The Hall–Kier alpha value is -0.160. The fraction of sp³-hybridized carbons (Fsp3) is 1.00. The van der Waals surface area contributed by atoms with Crippen LogP contribution in [-0.4, -0.2) is 60.5 Å². The molecule has 2 unspecified atom stereocenters. The number of hydrogen-bond donors (Lipinski definition) is 2. The van der Waals surface area contributed by atoms with E-state index in [0.717, 1.165) is 32.5 Å². The highest BCUT2D eigenvalue weighted by Gasteiger charge is 2.30. The van der Waals surface area contributed by atoms with Crippen LogP contribution >= 0.6 is 0 Å². The van der Waals surface area contributed by atoms with E-state index in [2.05, 4.69) is 37.9 Å². The van der Waals surface area contributed by atoms with Gasteiger partial charge in [0.2, 0.25) is 0 Å². The van der Waals surface area contributed by atoms with Gasteiger partial charge in [-0.05, 0) is 54.1 Å². The summed E-state index contributed by atoms with van der Waals surface area (Å²) < 4.78 is 5.91. The van der Waals surface area contributed by atoms with Crippen LogP contribution in [0.1, 0.15) is 47.0 Å². The zero-order valence-electron chi connectivity index (χ0n) is 13.3. The summed E-state index contributed by atoms with van der Waals surface area (Å²) in [6.07, 6.45) is 3.66. The Morgan fingerprint density at radius 1 is 1.42 bits per heavy atom. The summed E-state index contributed by atoms with van der Waals surface area (Å²) in [5.74, 6) is 0. The van der Waals surface area contributed by atoms with Gasteiger partial charge in [0.25, 0.3) is 0 Å². The van der Waals surface area contributed by atoms with Crippen molar-refractivity contribution in [2.45, 2.75) is 64.2 Å². The van der Waals surface area contributed by atoms with Gasteiger partial charge in [0.05, 0.1) is 18.3 Å². The molecule has 114 valence electrons. The number of aliphatic hydroxyl groups is 1. The number of ether oxygens (including phenoxy) is 1. The van der Waals surface area contributed by atoms with Crippen molar-refractivity contribution in [3.8, 4) is 0 Å². The van der Waals surface area contributed by atoms with Crippen LogP contribution in [0.3, 0.4) is 0 Å². The summed E-state index contributed by atoms with van der Waals surface area (Å²) in [6.45, 7) is 11.9. The van der Waals surface area contributed by atoms with Gasteiger partial charge in [0.15, 0.2) is 0 Å². The van der Waals surface area contributed by atoms with Crippen LogP contribution in [0.4, 0.5) is 0 Å². The Morgan fingerprint density at radius 3 is 2.63 bits per heavy atom. The third kappa shape index (κ3) is 5.78. The summed E-state index contributed by atoms with van der Waals surface area (Å²) in [6, 6.07) is 0. The molecule has 1 rings (SSSR count). The topological polar surface area (TPSA) is 44.7 Å². The van der Waals surface area contributed by atoms with Gasteiger partial charge in [0.1, 0.15) is 0 Å². The predicted octanol–water partition coefficient (Wildman–Crippen LogP) is 1.63. The Balaban J connectivity index is 2.26. The van der Waals surface area contributed by atoms with Crippen molar-refractivity contribution in [3.05, 3.63) is 0 Å². The van der Waals surface area contributed by atoms with Gasteiger partial charge in [-0.3, -0.25) is 4.90 Å². The molecule has 0 bridgehead atoms. The number of likely N-dealkylation sites (N-methyl/N-ethyl adjacent to an activating group) is 1. The van der Waals surface area contributed by atoms with E-state index in [1.54, 1.807) is 0 Å². The SMILES string of the molecule is CNC(C)(CO)CCCCN1CC(C)OC(C)(C)C1. The molecule has 4 nitrogen and oxygen atoms in total. The van der Waals surface area contributed by atoms with Crippen LogP contribution in [-0.2, 0) is 4.74 Å². The standard InChI is InChI=1S/C15H32N2O2/c1-13-10-17(11-14(2,3)19-13)9-7-6-8-15(4,12-18)16-5/h13,16,18H,6-12H2,1-5H3. The molecule has 1 fully saturated rings. The summed E-state index contributed by atoms with van der Waals surface area (Å²) in [4.78, 5) is 2.50. The minimum Gasteiger partial charge on any atom is -0.394 e. The highest BCUT2D eigenvalue weighted by molar-refractivity contribution is 4.83. The van der Waals surface area contributed by atoms with Gasteiger partial charge in [0, 0.05) is 18.6 Å². The third-order valence-corrected chi connectivity index (χ3v) is 4.05. The fourth-order valence-electron chi connectivity index (χ4n) is 2.89. The summed E-state index contributed by atoms with van der Waals surface area (Å²) in [5, 5.41) is 12.6. The molecule has 2 atom stereocenters. The smallest absolute Gasteiger partial charge is 0.0757 e. The number of aliphatic hydroxyl groups excluding tert-OH is 1. The quantitative estimate of drug-likeness (QED) is 0.691. The minimum atomic E-state index is -0.127. The second-order valence-electron chi connectivity index (χ2n) is 6.85. The highest BCUT2D eigenvalue weighted by atomic mass is 16.5. The molecule has 1 heterocycles. The Bertz CT molecular complexity index is 265. The Labute approximate surface area is 118 Å². The number of morpholine rings is 1. The molecule has 1 aliphatic rings. The first-order valence-corrected chi connectivity index (χ1v) is 7.50. The monoisotopic (exact) mass is 272 g/mol. The lowest BCUT2D eigenvalue weighted by molar-refractivity contribution is -0.128. The molecule has 0 aromatic carbocycles. The second kappa shape index (κ2) is 7.02. The second-order valence-corrected chi connectivity index (χ2v) is 6.85. The molecule has 1 aliphatic heterocycles. The van der Waals surface area contributed by atoms with E-state index in [1.165, 1.54) is 6.42 Å². The molecular weight excluding hydrogens is 240 g/mol. The fourth-order valence-corrected chi connectivity index (χ4v) is 2.89. The Morgan fingerprint density at radius 2 is 2.11 bits per heavy atom. The zero-order valence-corrected chi connectivity index (χ0v) is 13.3. The number of rotatable bonds is 7. The van der Waals surface area contributed by atoms with E-state index in [9.17, 15) is 5.11 Å². The van der Waals surface area contributed by atoms with Crippen LogP contribution in [0.2, 0.25) is 0 Å². The van der Waals surface area contributed by atoms with E-state index in [-0.39, 0.29) is 17.7 Å². The molecule has 0 aromatic rings. The van der Waals surface area contributed by atoms with Crippen LogP contribution in [0.25, 0.3) is 0 Å². The van der Waals surface area contributed by atoms with E-state index in [0.29, 0.717) is 6.10 Å². The van der Waals surface area contributed by atoms with Crippen molar-refractivity contribution < 1.29 is 9.84 Å². The number of nitrogens with zero attached hydrogens (tertiary/aromatic N) is 1. The summed E-state index contributed by atoms with van der Waals surface area (Å²) >= 11 is 0. The highest BCUT2D eigenvalue weighted by Crippen LogP contribution is 2.21. The molecule has 0 saturated carbocycles. The third-order valence-electron chi connectivity index (χ3n) is 4.05. The molecular formula is C15H32N2O2. The van der Waals surface area contributed by atoms with Gasteiger partial charge in [-0.1, -0.05) is 6.42 Å². The lowest BCUT2D eigenvalue weighted by atomic mass is 9.96. The zero-order chi connectivity index (χ0) is 14.5. The van der Waals surface area contributed by atoms with E-state index >= 15 is 0 Å². The van der Waals surface area contributed by atoms with Crippen LogP contribution in [0, 0.1) is 0 Å². The lowest BCUT2D eigenvalue weighted by Gasteiger charge is -2.42. The first kappa shape index (κ1) is 16.9. The van der Waals surface area contributed by atoms with Crippen molar-refractivity contribution >= 4 is 0 Å². The van der Waals surface area contributed by atoms with Crippen molar-refractivity contribution in [2.24, 2.45) is 0 Å². The normalized spacial score (nSPS) is 27.2. The molecule has 4 heteroatoms. The van der Waals surface area contributed by atoms with Crippen LogP contribution in [0.15, 0.2) is 0 Å². The average molecular weight is 272 g/mol. The van der Waals surface area contributed by atoms with Crippen molar-refractivity contribution in [3.63, 3.8) is 0 Å². The summed E-state index contributed by atoms with van der Waals surface area (Å²) in [7, 11) is 1.92. The van der Waals surface area contributed by atoms with Gasteiger partial charge >= 0.3 is 0 Å². The minimum absolute atomic E-state index is 0.0255. The van der Waals surface area contributed by atoms with Crippen LogP contribution in [0.5, 0.6) is 0 Å². The average Bonchev–Trinajstić information content (AvgIpc) is 2.32. The first-order valence-electron chi connectivity index (χ1n) is 7.50. The van der Waals surface area contributed by atoms with Crippen molar-refractivity contribution in [1.82, 2.24) is 10.2 Å². The maximum Gasteiger partial charge on any atom is 0.0757 e. The van der Waals surface area contributed by atoms with Crippen LogP contribution < -0.4 is 5.32 Å². The molecule has 0 spiro atoms. The maximum atomic E-state index is 9.35. The molecule has 0 amide bonds.